The summed E-state index contributed by atoms with van der Waals surface area (Å²) in [7, 11) is 1.31. The zero-order valence-corrected chi connectivity index (χ0v) is 13.3. The molecule has 1 aliphatic heterocycles. The van der Waals surface area contributed by atoms with Gasteiger partial charge in [0.05, 0.1) is 12.0 Å². The van der Waals surface area contributed by atoms with Gasteiger partial charge in [0.2, 0.25) is 5.78 Å². The van der Waals surface area contributed by atoms with E-state index in [4.69, 9.17) is 4.74 Å². The van der Waals surface area contributed by atoms with E-state index in [1.54, 1.807) is 12.1 Å². The third-order valence-corrected chi connectivity index (χ3v) is 4.44. The Morgan fingerprint density at radius 2 is 1.87 bits per heavy atom. The number of hydrogen-bond acceptors (Lipinski definition) is 5. The average Bonchev–Trinajstić information content (AvgIpc) is 2.90. The lowest BCUT2D eigenvalue weighted by Crippen LogP contribution is -2.12. The summed E-state index contributed by atoms with van der Waals surface area (Å²) in [6.07, 6.45) is 1.86. The number of fused-ring (bicyclic) bond motifs is 1. The summed E-state index contributed by atoms with van der Waals surface area (Å²) in [5, 5.41) is 0. The maximum atomic E-state index is 12.3. The highest BCUT2D eigenvalue weighted by molar-refractivity contribution is 8.04. The fourth-order valence-electron chi connectivity index (χ4n) is 2.15. The quantitative estimate of drug-likeness (QED) is 0.635. The summed E-state index contributed by atoms with van der Waals surface area (Å²) < 4.78 is 9.80. The molecule has 116 valence electrons. The van der Waals surface area contributed by atoms with Crippen LogP contribution in [0.4, 0.5) is 0 Å². The van der Waals surface area contributed by atoms with Crippen LogP contribution in [0.1, 0.15) is 15.9 Å². The molecule has 0 N–H and O–H groups in total. The highest BCUT2D eigenvalue weighted by atomic mass is 32.2. The summed E-state index contributed by atoms with van der Waals surface area (Å²) in [4.78, 5) is 25.0. The number of allylic oxidation sites excluding steroid dienone is 1. The van der Waals surface area contributed by atoms with Gasteiger partial charge >= 0.3 is 5.97 Å². The molecule has 3 rings (SSSR count). The monoisotopic (exact) mass is 326 g/mol. The number of ketones is 1. The van der Waals surface area contributed by atoms with Crippen LogP contribution in [-0.4, -0.2) is 25.5 Å². The number of benzene rings is 2. The normalized spacial score (nSPS) is 14.7. The van der Waals surface area contributed by atoms with E-state index in [2.05, 4.69) is 4.74 Å². The van der Waals surface area contributed by atoms with Gasteiger partial charge in [-0.15, -0.1) is 0 Å². The number of methoxy groups -OCH3 is 1. The lowest BCUT2D eigenvalue weighted by molar-refractivity contribution is -0.142. The lowest BCUT2D eigenvalue weighted by Gasteiger charge is -2.04. The molecule has 1 heterocycles. The van der Waals surface area contributed by atoms with Crippen molar-refractivity contribution >= 4 is 29.6 Å². The van der Waals surface area contributed by atoms with Crippen molar-refractivity contribution in [2.45, 2.75) is 4.90 Å². The number of ether oxygens (including phenoxy) is 2. The first-order valence-electron chi connectivity index (χ1n) is 7.00. The smallest absolute Gasteiger partial charge is 0.343 e. The molecule has 0 fully saturated rings. The minimum Gasteiger partial charge on any atom is -0.482 e. The first-order valence-corrected chi connectivity index (χ1v) is 7.82. The molecule has 0 aromatic heterocycles. The molecule has 23 heavy (non-hydrogen) atoms. The molecule has 0 unspecified atom stereocenters. The van der Waals surface area contributed by atoms with E-state index in [-0.39, 0.29) is 12.4 Å². The largest absolute Gasteiger partial charge is 0.482 e. The van der Waals surface area contributed by atoms with Crippen LogP contribution in [0.15, 0.2) is 58.3 Å². The molecule has 4 nitrogen and oxygen atoms in total. The molecular formula is C18H14O4S. The molecule has 0 saturated heterocycles. The molecule has 2 aromatic rings. The Labute approximate surface area is 138 Å². The second-order valence-corrected chi connectivity index (χ2v) is 5.95. The van der Waals surface area contributed by atoms with Crippen LogP contribution in [-0.2, 0) is 9.53 Å². The predicted molar refractivity (Wildman–Crippen MR) is 88.6 cm³/mol. The Morgan fingerprint density at radius 3 is 2.57 bits per heavy atom. The van der Waals surface area contributed by atoms with Crippen molar-refractivity contribution in [1.82, 2.24) is 0 Å². The van der Waals surface area contributed by atoms with Gasteiger partial charge in [-0.3, -0.25) is 4.79 Å². The minimum absolute atomic E-state index is 0.0524. The fraction of sp³-hybridized carbons (Fsp3) is 0.111. The van der Waals surface area contributed by atoms with E-state index in [0.29, 0.717) is 10.7 Å². The zero-order valence-electron chi connectivity index (χ0n) is 12.4. The van der Waals surface area contributed by atoms with Gasteiger partial charge in [0.25, 0.3) is 0 Å². The molecule has 0 saturated carbocycles. The van der Waals surface area contributed by atoms with Crippen molar-refractivity contribution in [3.63, 3.8) is 0 Å². The molecule has 1 aliphatic rings. The Kier molecular flexibility index (Phi) is 4.48. The molecule has 0 bridgehead atoms. The van der Waals surface area contributed by atoms with E-state index in [1.807, 2.05) is 42.5 Å². The van der Waals surface area contributed by atoms with Gasteiger partial charge in [0.1, 0.15) is 5.75 Å². The van der Waals surface area contributed by atoms with Crippen LogP contribution in [0.2, 0.25) is 0 Å². The molecule has 0 spiro atoms. The van der Waals surface area contributed by atoms with Crippen molar-refractivity contribution in [3.05, 3.63) is 64.6 Å². The van der Waals surface area contributed by atoms with Crippen molar-refractivity contribution in [1.29, 1.82) is 0 Å². The van der Waals surface area contributed by atoms with Crippen molar-refractivity contribution < 1.29 is 19.1 Å². The summed E-state index contributed by atoms with van der Waals surface area (Å²) >= 11 is 1.48. The summed E-state index contributed by atoms with van der Waals surface area (Å²) in [5.41, 5.74) is 1.65. The van der Waals surface area contributed by atoms with E-state index >= 15 is 0 Å². The Bertz CT molecular complexity index is 778. The molecule has 0 atom stereocenters. The van der Waals surface area contributed by atoms with Gasteiger partial charge in [-0.05, 0) is 35.9 Å². The van der Waals surface area contributed by atoms with Crippen LogP contribution in [0, 0.1) is 0 Å². The summed E-state index contributed by atoms with van der Waals surface area (Å²) in [6, 6.07) is 14.8. The van der Waals surface area contributed by atoms with Crippen LogP contribution >= 0.6 is 11.8 Å². The van der Waals surface area contributed by atoms with Gasteiger partial charge in [-0.25, -0.2) is 4.79 Å². The standard InChI is InChI=1S/C18H14O4S/c1-21-17(19)11-22-13-8-6-12(7-9-13)10-16-18(20)14-4-2-3-5-15(14)23-16/h2-10H,11H2,1H3. The number of rotatable bonds is 4. The molecular weight excluding hydrogens is 312 g/mol. The van der Waals surface area contributed by atoms with Gasteiger partial charge in [-0.1, -0.05) is 36.0 Å². The Balaban J connectivity index is 1.72. The molecule has 0 radical (unpaired) electrons. The lowest BCUT2D eigenvalue weighted by atomic mass is 10.1. The number of Topliss-reactive ketones (excluding diaryl/α,β-unsaturated/α-hetero) is 1. The van der Waals surface area contributed by atoms with Gasteiger partial charge in [-0.2, -0.15) is 0 Å². The first-order chi connectivity index (χ1) is 11.2. The topological polar surface area (TPSA) is 52.6 Å². The molecule has 2 aromatic carbocycles. The second kappa shape index (κ2) is 6.71. The van der Waals surface area contributed by atoms with Crippen LogP contribution < -0.4 is 4.74 Å². The van der Waals surface area contributed by atoms with Crippen LogP contribution in [0.5, 0.6) is 5.75 Å². The van der Waals surface area contributed by atoms with E-state index in [1.165, 1.54) is 18.9 Å². The van der Waals surface area contributed by atoms with Gasteiger partial charge in [0.15, 0.2) is 6.61 Å². The van der Waals surface area contributed by atoms with Crippen molar-refractivity contribution in [2.75, 3.05) is 13.7 Å². The first kappa shape index (κ1) is 15.4. The predicted octanol–water partition coefficient (Wildman–Crippen LogP) is 3.57. The van der Waals surface area contributed by atoms with Crippen LogP contribution in [0.25, 0.3) is 6.08 Å². The maximum absolute atomic E-state index is 12.3. The van der Waals surface area contributed by atoms with Crippen molar-refractivity contribution in [3.8, 4) is 5.75 Å². The molecule has 0 aliphatic carbocycles. The summed E-state index contributed by atoms with van der Waals surface area (Å²) in [6.45, 7) is -0.124. The van der Waals surface area contributed by atoms with E-state index in [0.717, 1.165) is 16.0 Å². The zero-order chi connectivity index (χ0) is 16.2. The molecule has 0 amide bonds. The van der Waals surface area contributed by atoms with Crippen molar-refractivity contribution in [2.24, 2.45) is 0 Å². The Morgan fingerprint density at radius 1 is 1.13 bits per heavy atom. The SMILES string of the molecule is COC(=O)COc1ccc(C=C2Sc3ccccc3C2=O)cc1. The number of carbonyl (C=O) groups excluding carboxylic acids is 2. The van der Waals surface area contributed by atoms with Crippen LogP contribution in [0.3, 0.4) is 0 Å². The summed E-state index contributed by atoms with van der Waals surface area (Å²) in [5.74, 6) is 0.199. The van der Waals surface area contributed by atoms with E-state index < -0.39 is 5.97 Å². The van der Waals surface area contributed by atoms with E-state index in [9.17, 15) is 9.59 Å². The fourth-order valence-corrected chi connectivity index (χ4v) is 3.20. The number of esters is 1. The number of hydrogen-bond donors (Lipinski definition) is 0. The highest BCUT2D eigenvalue weighted by Gasteiger charge is 2.24. The van der Waals surface area contributed by atoms with Gasteiger partial charge in [0, 0.05) is 10.5 Å². The number of thioether (sulfide) groups is 1. The molecule has 5 heteroatoms. The van der Waals surface area contributed by atoms with Gasteiger partial charge < -0.3 is 9.47 Å². The third-order valence-electron chi connectivity index (χ3n) is 3.34. The average molecular weight is 326 g/mol. The third kappa shape index (κ3) is 3.46. The minimum atomic E-state index is -0.429. The maximum Gasteiger partial charge on any atom is 0.343 e. The Hall–Kier alpha value is -2.53. The number of carbonyl (C=O) groups is 2. The highest BCUT2D eigenvalue weighted by Crippen LogP contribution is 2.40. The second-order valence-electron chi connectivity index (χ2n) is 4.87.